The van der Waals surface area contributed by atoms with Crippen molar-refractivity contribution in [2.45, 2.75) is 26.3 Å². The zero-order chi connectivity index (χ0) is 18.4. The molecule has 0 bridgehead atoms. The molecule has 0 amide bonds. The third-order valence-corrected chi connectivity index (χ3v) is 4.45. The summed E-state index contributed by atoms with van der Waals surface area (Å²) in [7, 11) is 1.76. The van der Waals surface area contributed by atoms with E-state index in [9.17, 15) is 5.11 Å². The van der Waals surface area contributed by atoms with Crippen molar-refractivity contribution in [1.82, 2.24) is 10.6 Å². The fourth-order valence-electron chi connectivity index (χ4n) is 2.94. The predicted octanol–water partition coefficient (Wildman–Crippen LogP) is 4.36. The highest BCUT2D eigenvalue weighted by atomic mass is 127. The number of nitrogens with one attached hydrogen (secondary N) is 2. The summed E-state index contributed by atoms with van der Waals surface area (Å²) >= 11 is 0. The van der Waals surface area contributed by atoms with Gasteiger partial charge in [-0.25, -0.2) is 0 Å². The minimum absolute atomic E-state index is 0. The number of phenolic OH excluding ortho intramolecular Hbond substituents is 1. The van der Waals surface area contributed by atoms with E-state index in [4.69, 9.17) is 4.42 Å². The summed E-state index contributed by atoms with van der Waals surface area (Å²) in [6.07, 6.45) is 1.93. The van der Waals surface area contributed by atoms with Crippen molar-refractivity contribution in [2.24, 2.45) is 4.99 Å². The van der Waals surface area contributed by atoms with Crippen LogP contribution in [0.15, 0.2) is 57.9 Å². The summed E-state index contributed by atoms with van der Waals surface area (Å²) in [6.45, 7) is 3.49. The van der Waals surface area contributed by atoms with Gasteiger partial charge < -0.3 is 20.2 Å². The highest BCUT2D eigenvalue weighted by Gasteiger charge is 2.10. The lowest BCUT2D eigenvalue weighted by atomic mass is 10.1. The number of nitrogens with zero attached hydrogens (tertiary/aromatic N) is 1. The SMILES string of the molecule is CN=C(NCCCc1ccc(O)cc1)NCc1oc2ccccc2c1C.I. The minimum Gasteiger partial charge on any atom is -0.508 e. The number of guanidine groups is 1. The van der Waals surface area contributed by atoms with Crippen molar-refractivity contribution >= 4 is 40.9 Å². The summed E-state index contributed by atoms with van der Waals surface area (Å²) in [5.41, 5.74) is 3.29. The molecule has 0 aliphatic heterocycles. The Bertz CT molecular complexity index is 888. The Morgan fingerprint density at radius 1 is 1.07 bits per heavy atom. The van der Waals surface area contributed by atoms with Crippen molar-refractivity contribution in [3.8, 4) is 5.75 Å². The van der Waals surface area contributed by atoms with Gasteiger partial charge in [-0.3, -0.25) is 4.99 Å². The summed E-state index contributed by atoms with van der Waals surface area (Å²) < 4.78 is 5.92. The highest BCUT2D eigenvalue weighted by molar-refractivity contribution is 14.0. The number of furan rings is 1. The van der Waals surface area contributed by atoms with E-state index < -0.39 is 0 Å². The van der Waals surface area contributed by atoms with Crippen LogP contribution in [0.3, 0.4) is 0 Å². The maximum Gasteiger partial charge on any atom is 0.191 e. The minimum atomic E-state index is 0. The van der Waals surface area contributed by atoms with Crippen LogP contribution in [0, 0.1) is 6.92 Å². The number of aliphatic imine (C=N–C) groups is 1. The molecule has 5 nitrogen and oxygen atoms in total. The van der Waals surface area contributed by atoms with Gasteiger partial charge in [0.05, 0.1) is 6.54 Å². The standard InChI is InChI=1S/C21H25N3O2.HI/c1-15-18-7-3-4-8-19(18)26-20(15)14-24-21(22-2)23-13-5-6-16-9-11-17(25)12-10-16;/h3-4,7-12,25H,5-6,13-14H2,1-2H3,(H2,22,23,24);1H. The van der Waals surface area contributed by atoms with Crippen LogP contribution < -0.4 is 10.6 Å². The fourth-order valence-corrected chi connectivity index (χ4v) is 2.94. The van der Waals surface area contributed by atoms with Crippen molar-refractivity contribution in [2.75, 3.05) is 13.6 Å². The van der Waals surface area contributed by atoms with Crippen LogP contribution in [0.2, 0.25) is 0 Å². The Hall–Kier alpha value is -2.22. The van der Waals surface area contributed by atoms with Gasteiger partial charge in [0.2, 0.25) is 0 Å². The van der Waals surface area contributed by atoms with Gasteiger partial charge in [0.25, 0.3) is 0 Å². The lowest BCUT2D eigenvalue weighted by Gasteiger charge is -2.11. The lowest BCUT2D eigenvalue weighted by molar-refractivity contribution is 0.475. The van der Waals surface area contributed by atoms with Crippen LogP contribution in [0.1, 0.15) is 23.3 Å². The number of aryl methyl sites for hydroxylation is 2. The van der Waals surface area contributed by atoms with Gasteiger partial charge in [-0.05, 0) is 43.5 Å². The average molecular weight is 479 g/mol. The van der Waals surface area contributed by atoms with Crippen molar-refractivity contribution in [3.05, 3.63) is 65.4 Å². The van der Waals surface area contributed by atoms with Gasteiger partial charge in [0.1, 0.15) is 17.1 Å². The Balaban J connectivity index is 0.00000261. The van der Waals surface area contributed by atoms with Crippen LogP contribution in [0.25, 0.3) is 11.0 Å². The second kappa shape index (κ2) is 10.2. The molecular formula is C21H26IN3O2. The third kappa shape index (κ3) is 5.63. The average Bonchev–Trinajstić information content (AvgIpc) is 2.99. The van der Waals surface area contributed by atoms with Crippen LogP contribution >= 0.6 is 24.0 Å². The van der Waals surface area contributed by atoms with Gasteiger partial charge in [0.15, 0.2) is 5.96 Å². The topological polar surface area (TPSA) is 69.8 Å². The number of fused-ring (bicyclic) bond motifs is 1. The quantitative estimate of drug-likeness (QED) is 0.213. The summed E-state index contributed by atoms with van der Waals surface area (Å²) in [6, 6.07) is 15.4. The Morgan fingerprint density at radius 3 is 2.52 bits per heavy atom. The molecule has 6 heteroatoms. The molecular weight excluding hydrogens is 453 g/mol. The van der Waals surface area contributed by atoms with E-state index in [0.717, 1.165) is 47.6 Å². The largest absolute Gasteiger partial charge is 0.508 e. The van der Waals surface area contributed by atoms with Crippen LogP contribution in [0.4, 0.5) is 0 Å². The number of halogens is 1. The zero-order valence-corrected chi connectivity index (χ0v) is 18.0. The molecule has 0 saturated heterocycles. The maximum atomic E-state index is 9.31. The van der Waals surface area contributed by atoms with Gasteiger partial charge in [0, 0.05) is 24.5 Å². The summed E-state index contributed by atoms with van der Waals surface area (Å²) in [4.78, 5) is 4.26. The first-order valence-electron chi connectivity index (χ1n) is 8.87. The Kier molecular flexibility index (Phi) is 7.97. The molecule has 3 aromatic rings. The predicted molar refractivity (Wildman–Crippen MR) is 121 cm³/mol. The van der Waals surface area contributed by atoms with E-state index in [2.05, 4.69) is 28.6 Å². The second-order valence-corrected chi connectivity index (χ2v) is 6.27. The molecule has 3 N–H and O–H groups in total. The van der Waals surface area contributed by atoms with Gasteiger partial charge in [-0.1, -0.05) is 30.3 Å². The smallest absolute Gasteiger partial charge is 0.191 e. The van der Waals surface area contributed by atoms with E-state index in [1.165, 1.54) is 5.56 Å². The number of rotatable bonds is 6. The number of hydrogen-bond donors (Lipinski definition) is 3. The lowest BCUT2D eigenvalue weighted by Crippen LogP contribution is -2.37. The maximum absolute atomic E-state index is 9.31. The number of para-hydroxylation sites is 1. The molecule has 1 aromatic heterocycles. The van der Waals surface area contributed by atoms with Gasteiger partial charge in [-0.15, -0.1) is 24.0 Å². The van der Waals surface area contributed by atoms with Gasteiger partial charge >= 0.3 is 0 Å². The monoisotopic (exact) mass is 479 g/mol. The number of aromatic hydroxyl groups is 1. The van der Waals surface area contributed by atoms with Crippen LogP contribution in [0.5, 0.6) is 5.75 Å². The molecule has 0 saturated carbocycles. The molecule has 0 aliphatic rings. The Labute approximate surface area is 176 Å². The second-order valence-electron chi connectivity index (χ2n) is 6.27. The van der Waals surface area contributed by atoms with Crippen molar-refractivity contribution < 1.29 is 9.52 Å². The van der Waals surface area contributed by atoms with Crippen molar-refractivity contribution in [3.63, 3.8) is 0 Å². The van der Waals surface area contributed by atoms with E-state index in [-0.39, 0.29) is 24.0 Å². The molecule has 2 aromatic carbocycles. The van der Waals surface area contributed by atoms with Crippen LogP contribution in [-0.4, -0.2) is 24.7 Å². The first-order chi connectivity index (χ1) is 12.7. The van der Waals surface area contributed by atoms with E-state index in [0.29, 0.717) is 12.3 Å². The summed E-state index contributed by atoms with van der Waals surface area (Å²) in [5, 5.41) is 17.1. The molecule has 0 radical (unpaired) electrons. The first-order valence-corrected chi connectivity index (χ1v) is 8.87. The summed E-state index contributed by atoms with van der Waals surface area (Å²) in [5.74, 6) is 1.99. The fraction of sp³-hybridized carbons (Fsp3) is 0.286. The number of benzene rings is 2. The molecule has 0 unspecified atom stereocenters. The number of hydrogen-bond acceptors (Lipinski definition) is 3. The molecule has 27 heavy (non-hydrogen) atoms. The van der Waals surface area contributed by atoms with E-state index in [1.54, 1.807) is 19.2 Å². The molecule has 1 heterocycles. The van der Waals surface area contributed by atoms with Crippen LogP contribution in [-0.2, 0) is 13.0 Å². The molecule has 3 rings (SSSR count). The van der Waals surface area contributed by atoms with E-state index in [1.807, 2.05) is 30.3 Å². The van der Waals surface area contributed by atoms with Crippen molar-refractivity contribution in [1.29, 1.82) is 0 Å². The Morgan fingerprint density at radius 2 is 1.81 bits per heavy atom. The highest BCUT2D eigenvalue weighted by Crippen LogP contribution is 2.24. The third-order valence-electron chi connectivity index (χ3n) is 4.45. The van der Waals surface area contributed by atoms with E-state index >= 15 is 0 Å². The molecule has 0 fully saturated rings. The normalized spacial score (nSPS) is 11.3. The molecule has 144 valence electrons. The first kappa shape index (κ1) is 21.1. The molecule has 0 spiro atoms. The number of phenols is 1. The zero-order valence-electron chi connectivity index (χ0n) is 15.7. The molecule has 0 atom stereocenters. The molecule has 0 aliphatic carbocycles. The van der Waals surface area contributed by atoms with Gasteiger partial charge in [-0.2, -0.15) is 0 Å².